The van der Waals surface area contributed by atoms with Gasteiger partial charge in [-0.05, 0) is 73.2 Å². The van der Waals surface area contributed by atoms with Crippen LogP contribution in [0.1, 0.15) is 27.6 Å². The molecule has 0 spiro atoms. The Labute approximate surface area is 221 Å². The first-order valence-corrected chi connectivity index (χ1v) is 14.3. The largest absolute Gasteiger partial charge is 0.491 e. The van der Waals surface area contributed by atoms with Gasteiger partial charge in [0, 0.05) is 23.0 Å². The maximum absolute atomic E-state index is 13.6. The van der Waals surface area contributed by atoms with Gasteiger partial charge >= 0.3 is 0 Å². The third-order valence-electron chi connectivity index (χ3n) is 6.24. The molecule has 0 saturated heterocycles. The number of fused-ring (bicyclic) bond motifs is 1. The molecular formula is C27H29ClN2O4S2. The zero-order chi connectivity index (χ0) is 25.9. The van der Waals surface area contributed by atoms with Crippen molar-refractivity contribution in [2.24, 2.45) is 0 Å². The minimum atomic E-state index is -3.92. The van der Waals surface area contributed by atoms with Crippen LogP contribution < -0.4 is 4.74 Å². The van der Waals surface area contributed by atoms with Crippen molar-refractivity contribution < 1.29 is 17.9 Å². The lowest BCUT2D eigenvalue weighted by atomic mass is 10.0. The van der Waals surface area contributed by atoms with E-state index in [0.29, 0.717) is 11.6 Å². The molecule has 36 heavy (non-hydrogen) atoms. The molecule has 2 aromatic carbocycles. The lowest BCUT2D eigenvalue weighted by Gasteiger charge is -2.37. The Morgan fingerprint density at radius 1 is 1.22 bits per heavy atom. The SMILES string of the molecule is C=CCN(CC(=O)N1CCc2sccc2C1COc1ccc(C)cc1C)S(=O)(=O)c1ccc(Cl)cc1. The van der Waals surface area contributed by atoms with Crippen LogP contribution in [0.2, 0.25) is 5.02 Å². The van der Waals surface area contributed by atoms with Crippen molar-refractivity contribution in [1.29, 1.82) is 0 Å². The number of nitrogens with zero attached hydrogens (tertiary/aromatic N) is 2. The standard InChI is InChI=1S/C27H29ClN2O4S2/c1-4-13-29(36(32,33)22-8-6-21(28)7-9-22)17-27(31)30-14-11-26-23(12-15-35-26)24(30)18-34-25-10-5-19(2)16-20(25)3/h4-10,12,15-16,24H,1,11,13-14,17-18H2,2-3H3. The van der Waals surface area contributed by atoms with E-state index in [1.807, 2.05) is 37.4 Å². The minimum Gasteiger partial charge on any atom is -0.491 e. The fourth-order valence-corrected chi connectivity index (χ4v) is 6.81. The van der Waals surface area contributed by atoms with E-state index in [4.69, 9.17) is 16.3 Å². The molecule has 1 atom stereocenters. The number of benzene rings is 2. The summed E-state index contributed by atoms with van der Waals surface area (Å²) in [5.41, 5.74) is 3.24. The Balaban J connectivity index is 1.57. The van der Waals surface area contributed by atoms with Gasteiger partial charge in [0.05, 0.1) is 17.5 Å². The maximum atomic E-state index is 13.6. The molecule has 1 aromatic heterocycles. The summed E-state index contributed by atoms with van der Waals surface area (Å²) in [6.45, 7) is 8.21. The van der Waals surface area contributed by atoms with Gasteiger partial charge in [0.15, 0.2) is 0 Å². The summed E-state index contributed by atoms with van der Waals surface area (Å²) in [5.74, 6) is 0.495. The molecule has 0 aliphatic carbocycles. The first-order chi connectivity index (χ1) is 17.2. The molecule has 190 valence electrons. The Bertz CT molecular complexity index is 1350. The van der Waals surface area contributed by atoms with Crippen LogP contribution in [0.25, 0.3) is 0 Å². The number of rotatable bonds is 9. The Hall–Kier alpha value is -2.65. The number of carbonyl (C=O) groups is 1. The molecule has 2 heterocycles. The number of aryl methyl sites for hydroxylation is 2. The fourth-order valence-electron chi connectivity index (χ4n) is 4.39. The molecule has 0 fully saturated rings. The minimum absolute atomic E-state index is 0.0119. The highest BCUT2D eigenvalue weighted by molar-refractivity contribution is 7.89. The number of carbonyl (C=O) groups excluding carboxylic acids is 1. The zero-order valence-electron chi connectivity index (χ0n) is 20.3. The lowest BCUT2D eigenvalue weighted by molar-refractivity contribution is -0.135. The summed E-state index contributed by atoms with van der Waals surface area (Å²) in [6.07, 6.45) is 2.21. The average Bonchev–Trinajstić information content (AvgIpc) is 3.32. The molecule has 1 unspecified atom stereocenters. The van der Waals surface area contributed by atoms with Crippen molar-refractivity contribution in [3.8, 4) is 5.75 Å². The van der Waals surface area contributed by atoms with E-state index in [9.17, 15) is 13.2 Å². The average molecular weight is 545 g/mol. The van der Waals surface area contributed by atoms with E-state index >= 15 is 0 Å². The number of ether oxygens (including phenoxy) is 1. The van der Waals surface area contributed by atoms with Gasteiger partial charge in [-0.1, -0.05) is 35.4 Å². The first-order valence-electron chi connectivity index (χ1n) is 11.6. The van der Waals surface area contributed by atoms with Crippen molar-refractivity contribution in [2.45, 2.75) is 31.2 Å². The normalized spacial score (nSPS) is 15.6. The molecule has 0 saturated carbocycles. The molecule has 3 aromatic rings. The molecule has 6 nitrogen and oxygen atoms in total. The molecular weight excluding hydrogens is 516 g/mol. The van der Waals surface area contributed by atoms with Crippen LogP contribution in [0.15, 0.2) is 71.5 Å². The van der Waals surface area contributed by atoms with Gasteiger partial charge < -0.3 is 9.64 Å². The van der Waals surface area contributed by atoms with Gasteiger partial charge in [-0.25, -0.2) is 8.42 Å². The molecule has 1 aliphatic heterocycles. The third-order valence-corrected chi connectivity index (χ3v) is 9.31. The molecule has 9 heteroatoms. The van der Waals surface area contributed by atoms with Crippen LogP contribution in [0.5, 0.6) is 5.75 Å². The summed E-state index contributed by atoms with van der Waals surface area (Å²) < 4.78 is 34.0. The topological polar surface area (TPSA) is 66.9 Å². The molecule has 0 radical (unpaired) electrons. The van der Waals surface area contributed by atoms with Crippen molar-refractivity contribution in [3.05, 3.63) is 93.2 Å². The predicted octanol–water partition coefficient (Wildman–Crippen LogP) is 5.40. The van der Waals surface area contributed by atoms with E-state index in [-0.39, 0.29) is 36.5 Å². The third kappa shape index (κ3) is 5.67. The van der Waals surface area contributed by atoms with Crippen LogP contribution in [-0.2, 0) is 21.2 Å². The number of amides is 1. The smallest absolute Gasteiger partial charge is 0.243 e. The van der Waals surface area contributed by atoms with Gasteiger partial charge in [0.1, 0.15) is 12.4 Å². The highest BCUT2D eigenvalue weighted by atomic mass is 35.5. The van der Waals surface area contributed by atoms with Crippen LogP contribution in [0, 0.1) is 13.8 Å². The molecule has 1 amide bonds. The second-order valence-electron chi connectivity index (χ2n) is 8.77. The number of hydrogen-bond acceptors (Lipinski definition) is 5. The molecule has 4 rings (SSSR count). The lowest BCUT2D eigenvalue weighted by Crippen LogP contribution is -2.47. The highest BCUT2D eigenvalue weighted by Gasteiger charge is 2.35. The summed E-state index contributed by atoms with van der Waals surface area (Å²) in [5, 5.41) is 2.46. The second-order valence-corrected chi connectivity index (χ2v) is 12.1. The van der Waals surface area contributed by atoms with Crippen LogP contribution >= 0.6 is 22.9 Å². The summed E-state index contributed by atoms with van der Waals surface area (Å²) >= 11 is 7.60. The summed E-state index contributed by atoms with van der Waals surface area (Å²) in [7, 11) is -3.92. The number of halogens is 1. The zero-order valence-corrected chi connectivity index (χ0v) is 22.7. The van der Waals surface area contributed by atoms with E-state index in [1.165, 1.54) is 35.2 Å². The Morgan fingerprint density at radius 3 is 2.67 bits per heavy atom. The highest BCUT2D eigenvalue weighted by Crippen LogP contribution is 2.34. The van der Waals surface area contributed by atoms with E-state index in [2.05, 4.69) is 12.6 Å². The summed E-state index contributed by atoms with van der Waals surface area (Å²) in [6, 6.07) is 13.6. The van der Waals surface area contributed by atoms with E-state index < -0.39 is 10.0 Å². The number of hydrogen-bond donors (Lipinski definition) is 0. The number of sulfonamides is 1. The van der Waals surface area contributed by atoms with Gasteiger partial charge in [-0.2, -0.15) is 4.31 Å². The molecule has 1 aliphatic rings. The van der Waals surface area contributed by atoms with Crippen molar-refractivity contribution in [1.82, 2.24) is 9.21 Å². The van der Waals surface area contributed by atoms with Crippen molar-refractivity contribution in [2.75, 3.05) is 26.2 Å². The quantitative estimate of drug-likeness (QED) is 0.338. The Kier molecular flexibility index (Phi) is 8.20. The van der Waals surface area contributed by atoms with Crippen molar-refractivity contribution >= 4 is 38.9 Å². The van der Waals surface area contributed by atoms with Gasteiger partial charge in [-0.3, -0.25) is 4.79 Å². The molecule has 0 bridgehead atoms. The maximum Gasteiger partial charge on any atom is 0.243 e. The Morgan fingerprint density at radius 2 is 1.97 bits per heavy atom. The fraction of sp³-hybridized carbons (Fsp3) is 0.296. The van der Waals surface area contributed by atoms with E-state index in [0.717, 1.165) is 33.2 Å². The molecule has 0 N–H and O–H groups in total. The van der Waals surface area contributed by atoms with Gasteiger partial charge in [-0.15, -0.1) is 17.9 Å². The van der Waals surface area contributed by atoms with Gasteiger partial charge in [0.2, 0.25) is 15.9 Å². The number of thiophene rings is 1. The predicted molar refractivity (Wildman–Crippen MR) is 144 cm³/mol. The second kappa shape index (κ2) is 11.2. The van der Waals surface area contributed by atoms with Crippen LogP contribution in [-0.4, -0.2) is 49.8 Å². The van der Waals surface area contributed by atoms with E-state index in [1.54, 1.807) is 16.2 Å². The monoisotopic (exact) mass is 544 g/mol. The van der Waals surface area contributed by atoms with Crippen molar-refractivity contribution in [3.63, 3.8) is 0 Å². The van der Waals surface area contributed by atoms with Crippen LogP contribution in [0.4, 0.5) is 0 Å². The summed E-state index contributed by atoms with van der Waals surface area (Å²) in [4.78, 5) is 16.6. The first kappa shape index (κ1) is 26.4. The van der Waals surface area contributed by atoms with Gasteiger partial charge in [0.25, 0.3) is 0 Å². The van der Waals surface area contributed by atoms with Crippen LogP contribution in [0.3, 0.4) is 0 Å².